The summed E-state index contributed by atoms with van der Waals surface area (Å²) in [5.74, 6) is 0.611. The van der Waals surface area contributed by atoms with Crippen LogP contribution in [0.15, 0.2) is 35.4 Å². The molecule has 0 saturated heterocycles. The van der Waals surface area contributed by atoms with Gasteiger partial charge in [0.25, 0.3) is 5.91 Å². The number of nitrogens with one attached hydrogen (secondary N) is 2. The maximum atomic E-state index is 12.9. The summed E-state index contributed by atoms with van der Waals surface area (Å²) in [6.07, 6.45) is 0.318. The number of hydrogen-bond donors (Lipinski definition) is 2. The van der Waals surface area contributed by atoms with E-state index in [1.807, 2.05) is 25.9 Å². The molecule has 2 aromatic rings. The minimum atomic E-state index is -4.52. The lowest BCUT2D eigenvalue weighted by Crippen LogP contribution is -2.42. The number of nitrogens with zero attached hydrogens (tertiary/aromatic N) is 3. The van der Waals surface area contributed by atoms with Crippen molar-refractivity contribution in [1.29, 1.82) is 0 Å². The highest BCUT2D eigenvalue weighted by Crippen LogP contribution is 2.30. The van der Waals surface area contributed by atoms with Gasteiger partial charge in [-0.3, -0.25) is 4.79 Å². The van der Waals surface area contributed by atoms with Crippen molar-refractivity contribution in [2.45, 2.75) is 55.8 Å². The Hall–Kier alpha value is -2.24. The van der Waals surface area contributed by atoms with E-state index in [-0.39, 0.29) is 35.1 Å². The van der Waals surface area contributed by atoms with Crippen LogP contribution in [0.2, 0.25) is 0 Å². The molecule has 1 heterocycles. The maximum absolute atomic E-state index is 12.9. The van der Waals surface area contributed by atoms with E-state index < -0.39 is 28.8 Å². The molecule has 0 aliphatic heterocycles. The average Bonchev–Trinajstić information content (AvgIpc) is 2.75. The van der Waals surface area contributed by atoms with Gasteiger partial charge in [0.05, 0.1) is 5.56 Å². The zero-order valence-electron chi connectivity index (χ0n) is 19.2. The molecule has 2 N–H and O–H groups in total. The van der Waals surface area contributed by atoms with Crippen LogP contribution in [-0.4, -0.2) is 52.4 Å². The van der Waals surface area contributed by atoms with E-state index >= 15 is 0 Å². The summed E-state index contributed by atoms with van der Waals surface area (Å²) in [6, 6.07) is 4.39. The highest BCUT2D eigenvalue weighted by Gasteiger charge is 2.32. The summed E-state index contributed by atoms with van der Waals surface area (Å²) < 4.78 is 50.9. The van der Waals surface area contributed by atoms with Gasteiger partial charge in [0, 0.05) is 44.0 Å². The van der Waals surface area contributed by atoms with Crippen molar-refractivity contribution in [3.8, 4) is 0 Å². The molecule has 12 heteroatoms. The number of carbonyl (C=O) groups is 1. The number of hydrogen-bond acceptors (Lipinski definition) is 6. The Labute approximate surface area is 206 Å². The Morgan fingerprint density at radius 1 is 1.21 bits per heavy atom. The van der Waals surface area contributed by atoms with Crippen LogP contribution in [0.4, 0.5) is 24.9 Å². The Balaban J connectivity index is 0.00000408. The summed E-state index contributed by atoms with van der Waals surface area (Å²) in [5, 5.41) is 6.21. The molecule has 0 radical (unpaired) electrons. The number of benzene rings is 1. The lowest BCUT2D eigenvalue weighted by Gasteiger charge is -2.30. The number of aromatic nitrogens is 2. The average molecular weight is 520 g/mol. The quantitative estimate of drug-likeness (QED) is 0.538. The van der Waals surface area contributed by atoms with Crippen molar-refractivity contribution in [2.75, 3.05) is 30.1 Å². The molecule has 1 aromatic carbocycles. The van der Waals surface area contributed by atoms with Gasteiger partial charge in [0.2, 0.25) is 5.95 Å². The molecule has 188 valence electrons. The van der Waals surface area contributed by atoms with Gasteiger partial charge in [-0.25, -0.2) is 4.98 Å². The second kappa shape index (κ2) is 11.9. The van der Waals surface area contributed by atoms with E-state index in [9.17, 15) is 22.5 Å². The Bertz CT molecular complexity index is 972. The van der Waals surface area contributed by atoms with Gasteiger partial charge in [0.1, 0.15) is 5.82 Å². The zero-order valence-corrected chi connectivity index (χ0v) is 20.8. The molecule has 1 amide bonds. The number of carbonyl (C=O) groups excluding carboxylic acids is 1. The number of halogens is 4. The molecule has 1 saturated carbocycles. The number of rotatable bonds is 7. The second-order valence-corrected chi connectivity index (χ2v) is 9.82. The molecule has 0 spiro atoms. The first-order valence-electron chi connectivity index (χ1n) is 10.7. The second-order valence-electron chi connectivity index (χ2n) is 8.37. The first-order valence-corrected chi connectivity index (χ1v) is 12.0. The van der Waals surface area contributed by atoms with E-state index in [0.29, 0.717) is 5.95 Å². The molecule has 7 nitrogen and oxygen atoms in total. The van der Waals surface area contributed by atoms with Crippen LogP contribution in [0.25, 0.3) is 0 Å². The first-order chi connectivity index (χ1) is 15.5. The van der Waals surface area contributed by atoms with Crippen molar-refractivity contribution >= 4 is 41.3 Å². The van der Waals surface area contributed by atoms with Crippen LogP contribution in [0.3, 0.4) is 0 Å². The SMILES string of the molecule is Cc1cnc(NC2CCC(NC(=O)C[S+]([O-])c3cccc(C(F)(F)F)c3)CC2)nc1N(C)C.Cl. The van der Waals surface area contributed by atoms with E-state index in [2.05, 4.69) is 20.6 Å². The monoisotopic (exact) mass is 519 g/mol. The van der Waals surface area contributed by atoms with E-state index in [4.69, 9.17) is 0 Å². The van der Waals surface area contributed by atoms with Crippen molar-refractivity contribution < 1.29 is 22.5 Å². The molecule has 1 aromatic heterocycles. The predicted octanol–water partition coefficient (Wildman–Crippen LogP) is 3.94. The van der Waals surface area contributed by atoms with Crippen LogP contribution in [0.1, 0.15) is 36.8 Å². The smallest absolute Gasteiger partial charge is 0.416 e. The largest absolute Gasteiger partial charge is 0.611 e. The summed E-state index contributed by atoms with van der Waals surface area (Å²) >= 11 is -1.85. The molecule has 1 aliphatic carbocycles. The number of alkyl halides is 3. The minimum absolute atomic E-state index is 0. The Morgan fingerprint density at radius 2 is 1.85 bits per heavy atom. The summed E-state index contributed by atoms with van der Waals surface area (Å²) in [5.41, 5.74) is 0.106. The van der Waals surface area contributed by atoms with E-state index in [1.54, 1.807) is 6.20 Å². The maximum Gasteiger partial charge on any atom is 0.416 e. The molecule has 1 aliphatic rings. The van der Waals surface area contributed by atoms with E-state index in [1.165, 1.54) is 12.1 Å². The summed E-state index contributed by atoms with van der Waals surface area (Å²) in [7, 11) is 3.85. The fourth-order valence-electron chi connectivity index (χ4n) is 3.81. The summed E-state index contributed by atoms with van der Waals surface area (Å²) in [6.45, 7) is 1.95. The van der Waals surface area contributed by atoms with Crippen LogP contribution in [0.5, 0.6) is 0 Å². The third-order valence-electron chi connectivity index (χ3n) is 5.48. The molecular weight excluding hydrogens is 491 g/mol. The van der Waals surface area contributed by atoms with Crippen molar-refractivity contribution in [3.05, 3.63) is 41.6 Å². The fourth-order valence-corrected chi connectivity index (χ4v) is 4.78. The van der Waals surface area contributed by atoms with Crippen molar-refractivity contribution in [1.82, 2.24) is 15.3 Å². The molecule has 0 bridgehead atoms. The molecule has 1 unspecified atom stereocenters. The van der Waals surface area contributed by atoms with Gasteiger partial charge in [-0.2, -0.15) is 18.2 Å². The number of amides is 1. The third kappa shape index (κ3) is 7.64. The predicted molar refractivity (Wildman–Crippen MR) is 129 cm³/mol. The van der Waals surface area contributed by atoms with Crippen LogP contribution >= 0.6 is 12.4 Å². The fraction of sp³-hybridized carbons (Fsp3) is 0.500. The lowest BCUT2D eigenvalue weighted by atomic mass is 9.91. The molecule has 1 atom stereocenters. The van der Waals surface area contributed by atoms with Crippen LogP contribution in [-0.2, 0) is 22.1 Å². The Kier molecular flexibility index (Phi) is 9.84. The lowest BCUT2D eigenvalue weighted by molar-refractivity contribution is -0.137. The molecule has 34 heavy (non-hydrogen) atoms. The zero-order chi connectivity index (χ0) is 24.2. The first kappa shape index (κ1) is 28.0. The normalized spacial score (nSPS) is 19.0. The number of anilines is 2. The van der Waals surface area contributed by atoms with Crippen molar-refractivity contribution in [3.63, 3.8) is 0 Å². The van der Waals surface area contributed by atoms with Crippen LogP contribution < -0.4 is 15.5 Å². The standard InChI is InChI=1S/C22H28F3N5O2S.ClH/c1-14-12-26-21(29-20(14)30(2)3)28-17-9-7-16(8-10-17)27-19(31)13-33(32)18-6-4-5-15(11-18)22(23,24)25;/h4-6,11-12,16-17H,7-10,13H2,1-3H3,(H,27,31)(H,26,28,29);1H. The summed E-state index contributed by atoms with van der Waals surface area (Å²) in [4.78, 5) is 23.1. The van der Waals surface area contributed by atoms with Gasteiger partial charge < -0.3 is 20.1 Å². The molecule has 3 rings (SSSR count). The third-order valence-corrected chi connectivity index (χ3v) is 6.78. The van der Waals surface area contributed by atoms with Gasteiger partial charge in [-0.05, 0) is 55.9 Å². The minimum Gasteiger partial charge on any atom is -0.611 e. The topological polar surface area (TPSA) is 93.2 Å². The highest BCUT2D eigenvalue weighted by molar-refractivity contribution is 7.92. The van der Waals surface area contributed by atoms with Gasteiger partial charge in [-0.15, -0.1) is 12.4 Å². The van der Waals surface area contributed by atoms with Gasteiger partial charge in [-0.1, -0.05) is 6.07 Å². The highest BCUT2D eigenvalue weighted by atomic mass is 35.5. The number of aryl methyl sites for hydroxylation is 1. The van der Waals surface area contributed by atoms with E-state index in [0.717, 1.165) is 49.2 Å². The van der Waals surface area contributed by atoms with Crippen LogP contribution in [0, 0.1) is 6.92 Å². The van der Waals surface area contributed by atoms with Gasteiger partial charge >= 0.3 is 6.18 Å². The van der Waals surface area contributed by atoms with Gasteiger partial charge in [0.15, 0.2) is 10.6 Å². The van der Waals surface area contributed by atoms with Crippen molar-refractivity contribution in [2.24, 2.45) is 0 Å². The molecule has 1 fully saturated rings. The molecular formula is C22H29ClF3N5O2S. The Morgan fingerprint density at radius 3 is 2.47 bits per heavy atom.